The summed E-state index contributed by atoms with van der Waals surface area (Å²) in [6.07, 6.45) is 0.504. The first kappa shape index (κ1) is 16.1. The first-order valence-electron chi connectivity index (χ1n) is 6.04. The molecule has 5 heteroatoms. The summed E-state index contributed by atoms with van der Waals surface area (Å²) in [6, 6.07) is 5.15. The van der Waals surface area contributed by atoms with Crippen LogP contribution in [-0.2, 0) is 16.0 Å². The van der Waals surface area contributed by atoms with Crippen LogP contribution in [-0.4, -0.2) is 29.1 Å². The van der Waals surface area contributed by atoms with Crippen LogP contribution in [0, 0.1) is 11.8 Å². The molecular formula is C15H16O4S. The van der Waals surface area contributed by atoms with Gasteiger partial charge < -0.3 is 9.84 Å². The van der Waals surface area contributed by atoms with Crippen molar-refractivity contribution in [3.8, 4) is 17.6 Å². The van der Waals surface area contributed by atoms with Crippen LogP contribution >= 0.6 is 11.8 Å². The van der Waals surface area contributed by atoms with E-state index in [2.05, 4.69) is 11.8 Å². The Labute approximate surface area is 122 Å². The summed E-state index contributed by atoms with van der Waals surface area (Å²) in [5.41, 5.74) is 1.31. The lowest BCUT2D eigenvalue weighted by atomic mass is 10.0. The lowest BCUT2D eigenvalue weighted by molar-refractivity contribution is -0.136. The molecule has 0 aliphatic rings. The van der Waals surface area contributed by atoms with Gasteiger partial charge in [-0.1, -0.05) is 29.7 Å². The van der Waals surface area contributed by atoms with E-state index in [1.165, 1.54) is 18.7 Å². The quantitative estimate of drug-likeness (QED) is 0.666. The molecule has 0 amide bonds. The summed E-state index contributed by atoms with van der Waals surface area (Å²) in [6.45, 7) is 1.52. The smallest absolute Gasteiger partial charge is 0.307 e. The number of benzene rings is 1. The molecule has 0 aliphatic carbocycles. The average Bonchev–Trinajstić information content (AvgIpc) is 2.39. The van der Waals surface area contributed by atoms with Crippen LogP contribution in [0.4, 0.5) is 0 Å². The molecule has 0 saturated heterocycles. The summed E-state index contributed by atoms with van der Waals surface area (Å²) in [5.74, 6) is 6.28. The number of thioether (sulfide) groups is 1. The normalized spacial score (nSPS) is 9.50. The molecule has 0 unspecified atom stereocenters. The topological polar surface area (TPSA) is 63.6 Å². The summed E-state index contributed by atoms with van der Waals surface area (Å²) < 4.78 is 5.11. The van der Waals surface area contributed by atoms with Gasteiger partial charge in [0, 0.05) is 24.7 Å². The largest absolute Gasteiger partial charge is 0.497 e. The number of methoxy groups -OCH3 is 1. The Morgan fingerprint density at radius 3 is 2.75 bits per heavy atom. The lowest BCUT2D eigenvalue weighted by Gasteiger charge is -2.05. The van der Waals surface area contributed by atoms with Crippen LogP contribution in [0.5, 0.6) is 5.75 Å². The van der Waals surface area contributed by atoms with E-state index in [4.69, 9.17) is 9.84 Å². The van der Waals surface area contributed by atoms with Crippen molar-refractivity contribution in [3.63, 3.8) is 0 Å². The number of rotatable bonds is 5. The number of carboxylic acids is 1. The van der Waals surface area contributed by atoms with Gasteiger partial charge in [0.15, 0.2) is 5.12 Å². The van der Waals surface area contributed by atoms with Crippen molar-refractivity contribution in [2.24, 2.45) is 0 Å². The van der Waals surface area contributed by atoms with E-state index in [-0.39, 0.29) is 11.5 Å². The Morgan fingerprint density at radius 1 is 1.40 bits per heavy atom. The van der Waals surface area contributed by atoms with Crippen molar-refractivity contribution >= 4 is 22.8 Å². The number of carbonyl (C=O) groups is 2. The van der Waals surface area contributed by atoms with Crippen LogP contribution in [0.3, 0.4) is 0 Å². The van der Waals surface area contributed by atoms with Gasteiger partial charge in [0.25, 0.3) is 0 Å². The minimum atomic E-state index is -0.898. The molecule has 0 saturated carbocycles. The van der Waals surface area contributed by atoms with E-state index in [1.807, 2.05) is 0 Å². The number of carbonyl (C=O) groups excluding carboxylic acids is 1. The zero-order valence-corrected chi connectivity index (χ0v) is 12.3. The molecule has 0 bridgehead atoms. The van der Waals surface area contributed by atoms with Crippen molar-refractivity contribution in [2.75, 3.05) is 12.9 Å². The fraction of sp³-hybridized carbons (Fsp3) is 0.333. The van der Waals surface area contributed by atoms with Crippen LogP contribution in [0.1, 0.15) is 24.5 Å². The average molecular weight is 292 g/mol. The molecule has 0 aromatic heterocycles. The van der Waals surface area contributed by atoms with Gasteiger partial charge in [0.2, 0.25) is 0 Å². The molecule has 0 atom stereocenters. The summed E-state index contributed by atoms with van der Waals surface area (Å²) in [4.78, 5) is 21.6. The number of aliphatic carboxylic acids is 1. The third-order valence-corrected chi connectivity index (χ3v) is 3.23. The lowest BCUT2D eigenvalue weighted by Crippen LogP contribution is -2.02. The SMILES string of the molecule is COc1ccc(CC(=O)O)c(C#CCCSC(C)=O)c1. The summed E-state index contributed by atoms with van der Waals surface area (Å²) >= 11 is 1.23. The van der Waals surface area contributed by atoms with Gasteiger partial charge in [-0.25, -0.2) is 0 Å². The Morgan fingerprint density at radius 2 is 2.15 bits per heavy atom. The highest BCUT2D eigenvalue weighted by Gasteiger charge is 2.06. The second-order valence-corrected chi connectivity index (χ2v) is 5.26. The van der Waals surface area contributed by atoms with Crippen molar-refractivity contribution in [1.29, 1.82) is 0 Å². The van der Waals surface area contributed by atoms with Crippen molar-refractivity contribution < 1.29 is 19.4 Å². The molecule has 0 fully saturated rings. The zero-order valence-electron chi connectivity index (χ0n) is 11.4. The fourth-order valence-corrected chi connectivity index (χ4v) is 2.01. The predicted molar refractivity (Wildman–Crippen MR) is 79.0 cm³/mol. The van der Waals surface area contributed by atoms with E-state index in [0.29, 0.717) is 29.1 Å². The number of carboxylic acid groups (broad SMARTS) is 1. The monoisotopic (exact) mass is 292 g/mol. The van der Waals surface area contributed by atoms with Gasteiger partial charge in [-0.15, -0.1) is 0 Å². The third kappa shape index (κ3) is 5.81. The maximum Gasteiger partial charge on any atom is 0.307 e. The molecule has 1 aromatic carbocycles. The first-order valence-corrected chi connectivity index (χ1v) is 7.02. The van der Waals surface area contributed by atoms with E-state index >= 15 is 0 Å². The summed E-state index contributed by atoms with van der Waals surface area (Å²) in [7, 11) is 1.55. The molecule has 106 valence electrons. The second-order valence-electron chi connectivity index (χ2n) is 3.99. The second kappa shape index (κ2) is 8.28. The highest BCUT2D eigenvalue weighted by molar-refractivity contribution is 8.13. The van der Waals surface area contributed by atoms with Crippen LogP contribution < -0.4 is 4.74 Å². The molecule has 0 radical (unpaired) electrons. The Kier molecular flexibility index (Phi) is 6.68. The highest BCUT2D eigenvalue weighted by Crippen LogP contribution is 2.17. The van der Waals surface area contributed by atoms with Gasteiger partial charge in [-0.05, 0) is 17.7 Å². The number of hydrogen-bond acceptors (Lipinski definition) is 4. The Balaban J connectivity index is 2.82. The van der Waals surface area contributed by atoms with Crippen LogP contribution in [0.25, 0.3) is 0 Å². The Bertz CT molecular complexity index is 555. The maximum atomic E-state index is 10.8. The zero-order chi connectivity index (χ0) is 15.0. The predicted octanol–water partition coefficient (Wildman–Crippen LogP) is 2.34. The van der Waals surface area contributed by atoms with Gasteiger partial charge in [0.1, 0.15) is 5.75 Å². The first-order chi connectivity index (χ1) is 9.52. The molecule has 1 N–H and O–H groups in total. The third-order valence-electron chi connectivity index (χ3n) is 2.41. The molecule has 0 heterocycles. The van der Waals surface area contributed by atoms with Gasteiger partial charge in [-0.2, -0.15) is 0 Å². The van der Waals surface area contributed by atoms with Crippen molar-refractivity contribution in [3.05, 3.63) is 29.3 Å². The van der Waals surface area contributed by atoms with E-state index in [0.717, 1.165) is 0 Å². The number of hydrogen-bond donors (Lipinski definition) is 1. The fourth-order valence-electron chi connectivity index (χ4n) is 1.52. The molecule has 0 spiro atoms. The Hall–Kier alpha value is -1.93. The standard InChI is InChI=1S/C15H16O4S/c1-11(16)20-8-4-3-5-12-9-14(19-2)7-6-13(12)10-15(17)18/h6-7,9H,4,8,10H2,1-2H3,(H,17,18). The van der Waals surface area contributed by atoms with Crippen molar-refractivity contribution in [2.45, 2.75) is 19.8 Å². The highest BCUT2D eigenvalue weighted by atomic mass is 32.2. The van der Waals surface area contributed by atoms with E-state index < -0.39 is 5.97 Å². The molecule has 1 aromatic rings. The summed E-state index contributed by atoms with van der Waals surface area (Å²) in [5, 5.41) is 8.94. The van der Waals surface area contributed by atoms with Gasteiger partial charge >= 0.3 is 5.97 Å². The maximum absolute atomic E-state index is 10.8. The van der Waals surface area contributed by atoms with Crippen LogP contribution in [0.2, 0.25) is 0 Å². The minimum Gasteiger partial charge on any atom is -0.497 e. The van der Waals surface area contributed by atoms with E-state index in [1.54, 1.807) is 25.3 Å². The molecule has 20 heavy (non-hydrogen) atoms. The van der Waals surface area contributed by atoms with E-state index in [9.17, 15) is 9.59 Å². The molecule has 1 rings (SSSR count). The molecule has 0 aliphatic heterocycles. The van der Waals surface area contributed by atoms with Gasteiger partial charge in [-0.3, -0.25) is 9.59 Å². The van der Waals surface area contributed by atoms with Crippen LogP contribution in [0.15, 0.2) is 18.2 Å². The molecular weight excluding hydrogens is 276 g/mol. The minimum absolute atomic E-state index is 0.0692. The number of ether oxygens (including phenoxy) is 1. The molecule has 4 nitrogen and oxygen atoms in total. The van der Waals surface area contributed by atoms with Crippen molar-refractivity contribution in [1.82, 2.24) is 0 Å². The van der Waals surface area contributed by atoms with Gasteiger partial charge in [0.05, 0.1) is 13.5 Å².